The van der Waals surface area contributed by atoms with Crippen LogP contribution in [0.2, 0.25) is 0 Å². The van der Waals surface area contributed by atoms with E-state index in [1.54, 1.807) is 6.07 Å². The van der Waals surface area contributed by atoms with Crippen molar-refractivity contribution in [1.82, 2.24) is 15.1 Å². The normalized spacial score (nSPS) is 28.8. The van der Waals surface area contributed by atoms with Gasteiger partial charge in [0, 0.05) is 38.5 Å². The Labute approximate surface area is 172 Å². The zero-order chi connectivity index (χ0) is 19.8. The molecule has 6 heteroatoms. The standard InChI is InChI=1S/C23H31N3O3/c27-21(26-13-5-7-17-6-1-3-9-19(17)26)16-25-14-11-23(12-15-25)24-22(28)18-8-2-4-10-20(18)29-23/h2,4,8,10,17,19H,1,3,5-7,9,11-16H2,(H,24,28)/t17-,19-/m0/s1. The molecule has 3 aliphatic heterocycles. The fraction of sp³-hybridized carbons (Fsp3) is 0.652. The van der Waals surface area contributed by atoms with E-state index in [9.17, 15) is 9.59 Å². The highest BCUT2D eigenvalue weighted by molar-refractivity contribution is 5.98. The Bertz CT molecular complexity index is 785. The van der Waals surface area contributed by atoms with Gasteiger partial charge in [-0.1, -0.05) is 25.0 Å². The second-order valence-electron chi connectivity index (χ2n) is 9.16. The lowest BCUT2D eigenvalue weighted by Gasteiger charge is -2.46. The number of para-hydroxylation sites is 1. The van der Waals surface area contributed by atoms with E-state index in [2.05, 4.69) is 15.1 Å². The van der Waals surface area contributed by atoms with Gasteiger partial charge in [-0.25, -0.2) is 0 Å². The molecule has 1 N–H and O–H groups in total. The zero-order valence-corrected chi connectivity index (χ0v) is 17.1. The van der Waals surface area contributed by atoms with E-state index in [1.807, 2.05) is 18.2 Å². The van der Waals surface area contributed by atoms with Crippen LogP contribution in [-0.4, -0.2) is 59.6 Å². The maximum Gasteiger partial charge on any atom is 0.258 e. The Balaban J connectivity index is 1.19. The van der Waals surface area contributed by atoms with Gasteiger partial charge in [0.2, 0.25) is 5.91 Å². The van der Waals surface area contributed by atoms with Gasteiger partial charge in [0.25, 0.3) is 5.91 Å². The number of hydrogen-bond donors (Lipinski definition) is 1. The minimum absolute atomic E-state index is 0.0620. The monoisotopic (exact) mass is 397 g/mol. The minimum atomic E-state index is -0.634. The fourth-order valence-electron chi connectivity index (χ4n) is 5.77. The number of ether oxygens (including phenoxy) is 1. The van der Waals surface area contributed by atoms with E-state index in [-0.39, 0.29) is 11.8 Å². The van der Waals surface area contributed by atoms with Gasteiger partial charge in [-0.3, -0.25) is 14.5 Å². The number of nitrogens with one attached hydrogen (secondary N) is 1. The summed E-state index contributed by atoms with van der Waals surface area (Å²) in [5.41, 5.74) is -0.0345. The highest BCUT2D eigenvalue weighted by atomic mass is 16.5. The molecule has 1 aromatic carbocycles. The Morgan fingerprint density at radius 3 is 2.69 bits per heavy atom. The predicted octanol–water partition coefficient (Wildman–Crippen LogP) is 2.78. The summed E-state index contributed by atoms with van der Waals surface area (Å²) in [6.07, 6.45) is 8.90. The molecule has 1 spiro atoms. The average molecular weight is 398 g/mol. The topological polar surface area (TPSA) is 61.9 Å². The third-order valence-corrected chi connectivity index (χ3v) is 7.36. The average Bonchev–Trinajstić information content (AvgIpc) is 2.75. The number of benzene rings is 1. The summed E-state index contributed by atoms with van der Waals surface area (Å²) in [4.78, 5) is 30.0. The van der Waals surface area contributed by atoms with Crippen molar-refractivity contribution in [3.05, 3.63) is 29.8 Å². The first-order valence-corrected chi connectivity index (χ1v) is 11.3. The van der Waals surface area contributed by atoms with Crippen LogP contribution < -0.4 is 10.1 Å². The van der Waals surface area contributed by atoms with Gasteiger partial charge in [0.1, 0.15) is 5.75 Å². The summed E-state index contributed by atoms with van der Waals surface area (Å²) in [6.45, 7) is 2.93. The van der Waals surface area contributed by atoms with Crippen LogP contribution >= 0.6 is 0 Å². The van der Waals surface area contributed by atoms with Gasteiger partial charge in [0.15, 0.2) is 5.72 Å². The second kappa shape index (κ2) is 7.63. The van der Waals surface area contributed by atoms with Crippen LogP contribution in [0, 0.1) is 5.92 Å². The fourth-order valence-corrected chi connectivity index (χ4v) is 5.77. The predicted molar refractivity (Wildman–Crippen MR) is 110 cm³/mol. The number of amides is 2. The van der Waals surface area contributed by atoms with Crippen LogP contribution in [0.5, 0.6) is 5.75 Å². The lowest BCUT2D eigenvalue weighted by atomic mass is 9.78. The van der Waals surface area contributed by atoms with Crippen molar-refractivity contribution in [3.8, 4) is 5.75 Å². The molecule has 156 valence electrons. The molecule has 5 rings (SSSR count). The van der Waals surface area contributed by atoms with E-state index >= 15 is 0 Å². The summed E-state index contributed by atoms with van der Waals surface area (Å²) in [5.74, 6) is 1.61. The molecule has 1 saturated carbocycles. The molecule has 2 amide bonds. The van der Waals surface area contributed by atoms with Gasteiger partial charge in [-0.05, 0) is 43.7 Å². The molecule has 3 fully saturated rings. The van der Waals surface area contributed by atoms with Crippen molar-refractivity contribution in [2.45, 2.75) is 63.1 Å². The maximum absolute atomic E-state index is 13.1. The first kappa shape index (κ1) is 18.9. The molecule has 0 bridgehead atoms. The Kier molecular flexibility index (Phi) is 4.98. The van der Waals surface area contributed by atoms with Crippen molar-refractivity contribution in [3.63, 3.8) is 0 Å². The Morgan fingerprint density at radius 2 is 1.83 bits per heavy atom. The molecule has 4 aliphatic rings. The molecule has 2 atom stereocenters. The van der Waals surface area contributed by atoms with Gasteiger partial charge < -0.3 is 15.0 Å². The largest absolute Gasteiger partial charge is 0.467 e. The Hall–Kier alpha value is -2.08. The second-order valence-corrected chi connectivity index (χ2v) is 9.16. The highest BCUT2D eigenvalue weighted by Gasteiger charge is 2.43. The summed E-state index contributed by atoms with van der Waals surface area (Å²) < 4.78 is 6.22. The summed E-state index contributed by atoms with van der Waals surface area (Å²) in [6, 6.07) is 7.88. The highest BCUT2D eigenvalue weighted by Crippen LogP contribution is 2.36. The molecule has 6 nitrogen and oxygen atoms in total. The van der Waals surface area contributed by atoms with Crippen LogP contribution in [0.1, 0.15) is 61.7 Å². The minimum Gasteiger partial charge on any atom is -0.467 e. The van der Waals surface area contributed by atoms with Gasteiger partial charge in [0.05, 0.1) is 12.1 Å². The lowest BCUT2D eigenvalue weighted by molar-refractivity contribution is -0.140. The van der Waals surface area contributed by atoms with E-state index in [4.69, 9.17) is 4.74 Å². The van der Waals surface area contributed by atoms with Crippen LogP contribution in [0.25, 0.3) is 0 Å². The van der Waals surface area contributed by atoms with Crippen molar-refractivity contribution >= 4 is 11.8 Å². The van der Waals surface area contributed by atoms with Crippen molar-refractivity contribution in [2.75, 3.05) is 26.2 Å². The molecule has 0 radical (unpaired) electrons. The maximum atomic E-state index is 13.1. The molecule has 1 aromatic rings. The van der Waals surface area contributed by atoms with Crippen LogP contribution in [0.4, 0.5) is 0 Å². The number of likely N-dealkylation sites (tertiary alicyclic amines) is 2. The molecular formula is C23H31N3O3. The van der Waals surface area contributed by atoms with E-state index < -0.39 is 5.72 Å². The third-order valence-electron chi connectivity index (χ3n) is 7.36. The first-order valence-electron chi connectivity index (χ1n) is 11.3. The molecule has 3 heterocycles. The molecule has 1 aliphatic carbocycles. The first-order chi connectivity index (χ1) is 14.1. The number of piperidine rings is 2. The number of carbonyl (C=O) groups is 2. The summed E-state index contributed by atoms with van der Waals surface area (Å²) in [7, 11) is 0. The number of carbonyl (C=O) groups excluding carboxylic acids is 2. The SMILES string of the molecule is O=C1NC2(CCN(CC(=O)N3CCC[C@@H]4CCCC[C@@H]43)CC2)Oc2ccccc21. The summed E-state index contributed by atoms with van der Waals surface area (Å²) >= 11 is 0. The van der Waals surface area contributed by atoms with Gasteiger partial charge in [-0.2, -0.15) is 0 Å². The number of nitrogens with zero attached hydrogens (tertiary/aromatic N) is 2. The number of fused-ring (bicyclic) bond motifs is 2. The molecule has 29 heavy (non-hydrogen) atoms. The van der Waals surface area contributed by atoms with Crippen molar-refractivity contribution in [1.29, 1.82) is 0 Å². The van der Waals surface area contributed by atoms with Gasteiger partial charge in [-0.15, -0.1) is 0 Å². The van der Waals surface area contributed by atoms with Gasteiger partial charge >= 0.3 is 0 Å². The smallest absolute Gasteiger partial charge is 0.258 e. The molecule has 0 unspecified atom stereocenters. The van der Waals surface area contributed by atoms with Crippen LogP contribution in [0.15, 0.2) is 24.3 Å². The van der Waals surface area contributed by atoms with E-state index in [1.165, 1.54) is 32.1 Å². The van der Waals surface area contributed by atoms with Crippen LogP contribution in [-0.2, 0) is 4.79 Å². The molecular weight excluding hydrogens is 366 g/mol. The lowest BCUT2D eigenvalue weighted by Crippen LogP contribution is -2.62. The number of rotatable bonds is 2. The van der Waals surface area contributed by atoms with Crippen molar-refractivity contribution in [2.24, 2.45) is 5.92 Å². The van der Waals surface area contributed by atoms with Crippen LogP contribution in [0.3, 0.4) is 0 Å². The quantitative estimate of drug-likeness (QED) is 0.834. The summed E-state index contributed by atoms with van der Waals surface area (Å²) in [5, 5.41) is 3.08. The van der Waals surface area contributed by atoms with Crippen molar-refractivity contribution < 1.29 is 14.3 Å². The number of hydrogen-bond acceptors (Lipinski definition) is 4. The Morgan fingerprint density at radius 1 is 1.07 bits per heavy atom. The molecule has 0 aromatic heterocycles. The van der Waals surface area contributed by atoms with E-state index in [0.29, 0.717) is 36.7 Å². The van der Waals surface area contributed by atoms with E-state index in [0.717, 1.165) is 32.0 Å². The third kappa shape index (κ3) is 3.63. The molecule has 2 saturated heterocycles. The zero-order valence-electron chi connectivity index (χ0n) is 17.1.